The Hall–Kier alpha value is -1.12. The zero-order chi connectivity index (χ0) is 18.4. The summed E-state index contributed by atoms with van der Waals surface area (Å²) in [7, 11) is 0. The summed E-state index contributed by atoms with van der Waals surface area (Å²) >= 11 is 0.448. The van der Waals surface area contributed by atoms with Crippen LogP contribution in [-0.4, -0.2) is 33.8 Å². The minimum atomic E-state index is 0.304. The Morgan fingerprint density at radius 1 is 1.00 bits per heavy atom. The molecule has 2 aromatic rings. The maximum absolute atomic E-state index is 6.51. The van der Waals surface area contributed by atoms with Gasteiger partial charge in [-0.15, -0.1) is 0 Å². The van der Waals surface area contributed by atoms with Gasteiger partial charge in [0.1, 0.15) is 0 Å². The number of ether oxygens (including phenoxy) is 2. The third-order valence-corrected chi connectivity index (χ3v) is 7.73. The van der Waals surface area contributed by atoms with Crippen molar-refractivity contribution in [1.82, 2.24) is 0 Å². The Morgan fingerprint density at radius 3 is 2.31 bits per heavy atom. The minimum absolute atomic E-state index is 0.304. The summed E-state index contributed by atoms with van der Waals surface area (Å²) in [6, 6.07) is 21.3. The van der Waals surface area contributed by atoms with E-state index >= 15 is 0 Å². The van der Waals surface area contributed by atoms with E-state index in [9.17, 15) is 0 Å². The molecule has 2 aromatic carbocycles. The molecule has 0 unspecified atom stereocenters. The van der Waals surface area contributed by atoms with Crippen LogP contribution in [-0.2, 0) is 16.1 Å². The molecule has 4 atom stereocenters. The molecule has 1 aliphatic rings. The van der Waals surface area contributed by atoms with E-state index in [1.165, 1.54) is 16.4 Å². The first-order chi connectivity index (χ1) is 12.6. The van der Waals surface area contributed by atoms with Gasteiger partial charge in [0.05, 0.1) is 0 Å². The second kappa shape index (κ2) is 9.71. The van der Waals surface area contributed by atoms with Gasteiger partial charge in [-0.25, -0.2) is 0 Å². The molecular weight excluding hydrogens is 387 g/mol. The molecule has 1 fully saturated rings. The first kappa shape index (κ1) is 19.6. The van der Waals surface area contributed by atoms with Crippen molar-refractivity contribution in [3.05, 3.63) is 66.2 Å². The van der Waals surface area contributed by atoms with Crippen LogP contribution in [0.5, 0.6) is 0 Å². The van der Waals surface area contributed by atoms with Crippen LogP contribution in [0.15, 0.2) is 60.7 Å². The van der Waals surface area contributed by atoms with Gasteiger partial charge in [-0.3, -0.25) is 0 Å². The number of rotatable bonds is 8. The Bertz CT molecular complexity index is 644. The summed E-state index contributed by atoms with van der Waals surface area (Å²) < 4.78 is 14.0. The summed E-state index contributed by atoms with van der Waals surface area (Å²) in [4.78, 5) is 0.632. The maximum atomic E-state index is 6.51. The van der Waals surface area contributed by atoms with Crippen LogP contribution >= 0.6 is 0 Å². The average Bonchev–Trinajstić information content (AvgIpc) is 3.08. The summed E-state index contributed by atoms with van der Waals surface area (Å²) in [5.74, 6) is 0.990. The monoisotopic (exact) mass is 418 g/mol. The van der Waals surface area contributed by atoms with Crippen molar-refractivity contribution < 1.29 is 9.47 Å². The van der Waals surface area contributed by atoms with Crippen molar-refractivity contribution in [3.63, 3.8) is 0 Å². The quantitative estimate of drug-likeness (QED) is 0.590. The van der Waals surface area contributed by atoms with E-state index in [2.05, 4.69) is 75.4 Å². The number of hydrogen-bond donors (Lipinski definition) is 0. The molecule has 0 amide bonds. The molecular formula is C23H30O2Se. The van der Waals surface area contributed by atoms with E-state index < -0.39 is 0 Å². The van der Waals surface area contributed by atoms with Crippen molar-refractivity contribution >= 4 is 19.4 Å². The molecule has 0 bridgehead atoms. The molecule has 0 saturated carbocycles. The fourth-order valence-corrected chi connectivity index (χ4v) is 6.43. The van der Waals surface area contributed by atoms with Gasteiger partial charge >= 0.3 is 164 Å². The van der Waals surface area contributed by atoms with Crippen LogP contribution in [0, 0.1) is 11.8 Å². The zero-order valence-corrected chi connectivity index (χ0v) is 17.7. The molecule has 3 rings (SSSR count). The second-order valence-electron chi connectivity index (χ2n) is 7.57. The van der Waals surface area contributed by atoms with Gasteiger partial charge in [0.2, 0.25) is 0 Å². The van der Waals surface area contributed by atoms with Crippen molar-refractivity contribution in [2.24, 2.45) is 11.8 Å². The Balaban J connectivity index is 1.58. The van der Waals surface area contributed by atoms with Gasteiger partial charge in [-0.1, -0.05) is 0 Å². The van der Waals surface area contributed by atoms with Gasteiger partial charge in [0.15, 0.2) is 0 Å². The van der Waals surface area contributed by atoms with Crippen molar-refractivity contribution in [3.8, 4) is 0 Å². The van der Waals surface area contributed by atoms with E-state index in [1.807, 2.05) is 6.07 Å². The molecule has 140 valence electrons. The second-order valence-corrected chi connectivity index (χ2v) is 10.3. The van der Waals surface area contributed by atoms with Gasteiger partial charge in [-0.05, 0) is 0 Å². The topological polar surface area (TPSA) is 18.5 Å². The Kier molecular flexibility index (Phi) is 7.33. The molecule has 26 heavy (non-hydrogen) atoms. The molecule has 3 heteroatoms. The Labute approximate surface area is 164 Å². The molecule has 0 aliphatic carbocycles. The average molecular weight is 417 g/mol. The third-order valence-electron chi connectivity index (χ3n) is 4.99. The predicted molar refractivity (Wildman–Crippen MR) is 109 cm³/mol. The number of hydrogen-bond acceptors (Lipinski definition) is 2. The molecule has 2 nitrogen and oxygen atoms in total. The van der Waals surface area contributed by atoms with E-state index in [-0.39, 0.29) is 0 Å². The molecule has 0 N–H and O–H groups in total. The van der Waals surface area contributed by atoms with E-state index in [4.69, 9.17) is 9.47 Å². The molecule has 0 radical (unpaired) electrons. The van der Waals surface area contributed by atoms with Crippen LogP contribution < -0.4 is 4.46 Å². The van der Waals surface area contributed by atoms with Gasteiger partial charge in [0.25, 0.3) is 0 Å². The normalized spacial score (nSPS) is 24.1. The fourth-order valence-electron chi connectivity index (χ4n) is 3.46. The molecule has 1 aliphatic heterocycles. The van der Waals surface area contributed by atoms with E-state index in [0.29, 0.717) is 50.4 Å². The Morgan fingerprint density at radius 2 is 1.65 bits per heavy atom. The van der Waals surface area contributed by atoms with Gasteiger partial charge < -0.3 is 0 Å². The summed E-state index contributed by atoms with van der Waals surface area (Å²) in [6.45, 7) is 8.27. The molecule has 0 spiro atoms. The van der Waals surface area contributed by atoms with Crippen LogP contribution in [0.4, 0.5) is 0 Å². The standard InChI is InChI=1S/C23H30O2Se/c1-17(2)21-14-22(26-20-12-8-5-9-13-20)23(25-21)18(3)15-24-16-19-10-6-4-7-11-19/h4-13,17-18,21-23H,14-16H2,1-3H3/t18-,21-,22-,23-/m0/s1. The van der Waals surface area contributed by atoms with Crippen molar-refractivity contribution in [1.29, 1.82) is 0 Å². The van der Waals surface area contributed by atoms with E-state index in [0.717, 1.165) is 6.61 Å². The molecule has 0 aromatic heterocycles. The van der Waals surface area contributed by atoms with Crippen LogP contribution in [0.25, 0.3) is 0 Å². The SMILES string of the molecule is CC(C)[C@@H]1C[C@H]([Se]c2ccccc2)[C@H]([C@@H](C)COCc2ccccc2)O1. The van der Waals surface area contributed by atoms with E-state index in [1.54, 1.807) is 0 Å². The summed E-state index contributed by atoms with van der Waals surface area (Å²) in [5, 5.41) is 0. The molecule has 1 heterocycles. The zero-order valence-electron chi connectivity index (χ0n) is 16.0. The van der Waals surface area contributed by atoms with Crippen molar-refractivity contribution in [2.45, 2.75) is 50.8 Å². The molecule has 1 saturated heterocycles. The van der Waals surface area contributed by atoms with Crippen LogP contribution in [0.2, 0.25) is 4.82 Å². The van der Waals surface area contributed by atoms with Crippen LogP contribution in [0.1, 0.15) is 32.8 Å². The predicted octanol–water partition coefficient (Wildman–Crippen LogP) is 4.47. The first-order valence-corrected chi connectivity index (χ1v) is 11.5. The van der Waals surface area contributed by atoms with Gasteiger partial charge in [-0.2, -0.15) is 0 Å². The van der Waals surface area contributed by atoms with Crippen LogP contribution in [0.3, 0.4) is 0 Å². The first-order valence-electron chi connectivity index (χ1n) is 9.62. The summed E-state index contributed by atoms with van der Waals surface area (Å²) in [5.41, 5.74) is 1.23. The third kappa shape index (κ3) is 5.44. The number of benzene rings is 2. The summed E-state index contributed by atoms with van der Waals surface area (Å²) in [6.07, 6.45) is 1.87. The fraction of sp³-hybridized carbons (Fsp3) is 0.478. The van der Waals surface area contributed by atoms with Crippen molar-refractivity contribution in [2.75, 3.05) is 6.61 Å². The van der Waals surface area contributed by atoms with Gasteiger partial charge in [0, 0.05) is 0 Å².